The van der Waals surface area contributed by atoms with E-state index in [1.54, 1.807) is 32.3 Å². The van der Waals surface area contributed by atoms with E-state index in [4.69, 9.17) is 4.74 Å². The van der Waals surface area contributed by atoms with Crippen molar-refractivity contribution in [2.45, 2.75) is 20.8 Å². The van der Waals surface area contributed by atoms with Crippen LogP contribution in [0.4, 0.5) is 0 Å². The molecule has 1 aromatic heterocycles. The number of allylic oxidation sites excluding steroid dienone is 4. The van der Waals surface area contributed by atoms with Crippen molar-refractivity contribution in [1.29, 1.82) is 0 Å². The SMILES string of the molecule is COC1=C(C)C(O)=C(C(=O)/C=C/c2nccs2)C(=O)C1(C)C. The summed E-state index contributed by atoms with van der Waals surface area (Å²) < 4.78 is 5.23. The molecule has 0 unspecified atom stereocenters. The number of carbonyl (C=O) groups excluding carboxylic acids is 2. The predicted molar refractivity (Wildman–Crippen MR) is 84.3 cm³/mol. The highest BCUT2D eigenvalue weighted by Gasteiger charge is 2.44. The average molecular weight is 319 g/mol. The molecule has 1 aliphatic rings. The summed E-state index contributed by atoms with van der Waals surface area (Å²) in [5, 5.41) is 12.7. The number of methoxy groups -OCH3 is 1. The Labute approximate surface area is 132 Å². The lowest BCUT2D eigenvalue weighted by Crippen LogP contribution is -2.36. The normalized spacial score (nSPS) is 18.3. The van der Waals surface area contributed by atoms with Crippen molar-refractivity contribution in [3.63, 3.8) is 0 Å². The standard InChI is InChI=1S/C16H17NO4S/c1-9-13(19)12(14(20)16(2,3)15(9)21-4)10(18)5-6-11-17-7-8-22-11/h5-8,19H,1-4H3/b6-5+. The number of aliphatic hydroxyl groups excluding tert-OH is 1. The molecule has 0 saturated carbocycles. The summed E-state index contributed by atoms with van der Waals surface area (Å²) in [6, 6.07) is 0. The van der Waals surface area contributed by atoms with Gasteiger partial charge < -0.3 is 9.84 Å². The first-order chi connectivity index (χ1) is 10.3. The minimum Gasteiger partial charge on any atom is -0.507 e. The van der Waals surface area contributed by atoms with E-state index < -0.39 is 17.0 Å². The molecule has 5 nitrogen and oxygen atoms in total. The number of carbonyl (C=O) groups is 2. The van der Waals surface area contributed by atoms with Crippen molar-refractivity contribution in [1.82, 2.24) is 4.98 Å². The third kappa shape index (κ3) is 2.62. The summed E-state index contributed by atoms with van der Waals surface area (Å²) in [7, 11) is 1.44. The zero-order chi connectivity index (χ0) is 16.5. The molecule has 0 aromatic carbocycles. The summed E-state index contributed by atoms with van der Waals surface area (Å²) in [5.41, 5.74) is -0.806. The van der Waals surface area contributed by atoms with Gasteiger partial charge in [-0.3, -0.25) is 9.59 Å². The van der Waals surface area contributed by atoms with Gasteiger partial charge in [0.1, 0.15) is 22.1 Å². The number of rotatable bonds is 4. The first-order valence-corrected chi connectivity index (χ1v) is 7.54. The van der Waals surface area contributed by atoms with Crippen molar-refractivity contribution in [2.75, 3.05) is 7.11 Å². The number of aliphatic hydroxyl groups is 1. The lowest BCUT2D eigenvalue weighted by Gasteiger charge is -2.31. The van der Waals surface area contributed by atoms with Gasteiger partial charge in [-0.1, -0.05) is 0 Å². The molecule has 6 heteroatoms. The van der Waals surface area contributed by atoms with Gasteiger partial charge in [0.25, 0.3) is 0 Å². The summed E-state index contributed by atoms with van der Waals surface area (Å²) in [6.07, 6.45) is 4.40. The molecule has 116 valence electrons. The zero-order valence-electron chi connectivity index (χ0n) is 12.8. The number of nitrogens with zero attached hydrogens (tertiary/aromatic N) is 1. The van der Waals surface area contributed by atoms with Gasteiger partial charge >= 0.3 is 0 Å². The minimum absolute atomic E-state index is 0.212. The summed E-state index contributed by atoms with van der Waals surface area (Å²) in [6.45, 7) is 4.96. The Morgan fingerprint density at radius 3 is 2.68 bits per heavy atom. The molecule has 0 radical (unpaired) electrons. The van der Waals surface area contributed by atoms with E-state index in [9.17, 15) is 14.7 Å². The van der Waals surface area contributed by atoms with Gasteiger partial charge in [-0.25, -0.2) is 4.98 Å². The molecular weight excluding hydrogens is 302 g/mol. The Kier molecular flexibility index (Phi) is 4.32. The second kappa shape index (κ2) is 5.88. The Hall–Kier alpha value is -2.21. The molecule has 0 bridgehead atoms. The van der Waals surface area contributed by atoms with E-state index in [0.717, 1.165) is 0 Å². The van der Waals surface area contributed by atoms with Crippen LogP contribution >= 0.6 is 11.3 Å². The first kappa shape index (κ1) is 16.2. The van der Waals surface area contributed by atoms with Gasteiger partial charge in [0, 0.05) is 17.2 Å². The van der Waals surface area contributed by atoms with Crippen LogP contribution in [0, 0.1) is 5.41 Å². The van der Waals surface area contributed by atoms with Gasteiger partial charge in [-0.15, -0.1) is 11.3 Å². The molecule has 0 saturated heterocycles. The van der Waals surface area contributed by atoms with Gasteiger partial charge in [0.05, 0.1) is 12.5 Å². The topological polar surface area (TPSA) is 76.5 Å². The van der Waals surface area contributed by atoms with E-state index in [1.165, 1.54) is 30.6 Å². The molecular formula is C16H17NO4S. The van der Waals surface area contributed by atoms with E-state index in [0.29, 0.717) is 16.3 Å². The molecule has 0 atom stereocenters. The fourth-order valence-electron chi connectivity index (χ4n) is 2.47. The Morgan fingerprint density at radius 1 is 1.45 bits per heavy atom. The fraction of sp³-hybridized carbons (Fsp3) is 0.312. The molecule has 0 aliphatic heterocycles. The average Bonchev–Trinajstić information content (AvgIpc) is 2.97. The van der Waals surface area contributed by atoms with Crippen LogP contribution in [-0.4, -0.2) is 28.8 Å². The number of aromatic nitrogens is 1. The Morgan fingerprint density at radius 2 is 2.14 bits per heavy atom. The van der Waals surface area contributed by atoms with Crippen molar-refractivity contribution >= 4 is 29.0 Å². The van der Waals surface area contributed by atoms with E-state index in [-0.39, 0.29) is 11.3 Å². The van der Waals surface area contributed by atoms with Gasteiger partial charge in [0.15, 0.2) is 11.6 Å². The van der Waals surface area contributed by atoms with Gasteiger partial charge in [0.2, 0.25) is 0 Å². The second-order valence-corrected chi connectivity index (χ2v) is 6.33. The second-order valence-electron chi connectivity index (χ2n) is 5.40. The molecule has 0 amide bonds. The quantitative estimate of drug-likeness (QED) is 0.682. The zero-order valence-corrected chi connectivity index (χ0v) is 13.7. The minimum atomic E-state index is -0.995. The predicted octanol–water partition coefficient (Wildman–Crippen LogP) is 3.07. The van der Waals surface area contributed by atoms with Crippen LogP contribution in [0.5, 0.6) is 0 Å². The molecule has 1 heterocycles. The van der Waals surface area contributed by atoms with Crippen LogP contribution in [0.15, 0.2) is 40.3 Å². The smallest absolute Gasteiger partial charge is 0.193 e. The number of ketones is 2. The lowest BCUT2D eigenvalue weighted by molar-refractivity contribution is -0.126. The summed E-state index contributed by atoms with van der Waals surface area (Å²) in [5.74, 6) is -0.952. The van der Waals surface area contributed by atoms with Crippen molar-refractivity contribution in [3.05, 3.63) is 45.3 Å². The number of Topliss-reactive ketones (excluding diaryl/α,β-unsaturated/α-hetero) is 1. The maximum absolute atomic E-state index is 12.6. The van der Waals surface area contributed by atoms with Crippen LogP contribution in [0.2, 0.25) is 0 Å². The lowest BCUT2D eigenvalue weighted by atomic mass is 9.74. The van der Waals surface area contributed by atoms with Crippen LogP contribution in [0.1, 0.15) is 25.8 Å². The largest absolute Gasteiger partial charge is 0.507 e. The van der Waals surface area contributed by atoms with E-state index >= 15 is 0 Å². The van der Waals surface area contributed by atoms with E-state index in [1.807, 2.05) is 0 Å². The maximum atomic E-state index is 12.6. The monoisotopic (exact) mass is 319 g/mol. The first-order valence-electron chi connectivity index (χ1n) is 6.66. The van der Waals surface area contributed by atoms with Crippen LogP contribution < -0.4 is 0 Å². The molecule has 22 heavy (non-hydrogen) atoms. The molecule has 1 aromatic rings. The maximum Gasteiger partial charge on any atom is 0.193 e. The molecule has 1 aliphatic carbocycles. The third-order valence-corrected chi connectivity index (χ3v) is 4.31. The molecule has 0 fully saturated rings. The molecule has 1 N–H and O–H groups in total. The van der Waals surface area contributed by atoms with Gasteiger partial charge in [-0.05, 0) is 32.9 Å². The summed E-state index contributed by atoms with van der Waals surface area (Å²) >= 11 is 1.37. The highest BCUT2D eigenvalue weighted by molar-refractivity contribution is 7.10. The van der Waals surface area contributed by atoms with Crippen molar-refractivity contribution in [3.8, 4) is 0 Å². The Balaban J connectivity index is 2.44. The van der Waals surface area contributed by atoms with Gasteiger partial charge in [-0.2, -0.15) is 0 Å². The van der Waals surface area contributed by atoms with Crippen molar-refractivity contribution < 1.29 is 19.4 Å². The number of hydrogen-bond acceptors (Lipinski definition) is 6. The highest BCUT2D eigenvalue weighted by Crippen LogP contribution is 2.40. The molecule has 0 spiro atoms. The Bertz CT molecular complexity index is 709. The third-order valence-electron chi connectivity index (χ3n) is 3.57. The van der Waals surface area contributed by atoms with Crippen LogP contribution in [0.25, 0.3) is 6.08 Å². The highest BCUT2D eigenvalue weighted by atomic mass is 32.1. The van der Waals surface area contributed by atoms with Crippen LogP contribution in [0.3, 0.4) is 0 Å². The number of hydrogen-bond donors (Lipinski definition) is 1. The van der Waals surface area contributed by atoms with Crippen LogP contribution in [-0.2, 0) is 14.3 Å². The molecule has 2 rings (SSSR count). The number of thiazole rings is 1. The summed E-state index contributed by atoms with van der Waals surface area (Å²) in [4.78, 5) is 28.9. The fourth-order valence-corrected chi connectivity index (χ4v) is 3.00. The number of ether oxygens (including phenoxy) is 1. The van der Waals surface area contributed by atoms with Crippen molar-refractivity contribution in [2.24, 2.45) is 5.41 Å². The van der Waals surface area contributed by atoms with E-state index in [2.05, 4.69) is 4.98 Å².